The molecule has 7 heteroatoms. The van der Waals surface area contributed by atoms with Crippen LogP contribution in [0.4, 0.5) is 5.13 Å². The summed E-state index contributed by atoms with van der Waals surface area (Å²) in [7, 11) is 2.06. The van der Waals surface area contributed by atoms with Gasteiger partial charge >= 0.3 is 0 Å². The molecule has 2 aromatic heterocycles. The molecule has 0 radical (unpaired) electrons. The molecular formula is C9H11BrN4S2. The quantitative estimate of drug-likeness (QED) is 0.941. The van der Waals surface area contributed by atoms with E-state index in [4.69, 9.17) is 5.73 Å². The minimum atomic E-state index is 0.529. The van der Waals surface area contributed by atoms with Gasteiger partial charge in [-0.2, -0.15) is 0 Å². The Morgan fingerprint density at radius 2 is 2.25 bits per heavy atom. The van der Waals surface area contributed by atoms with Crippen LogP contribution in [0, 0.1) is 0 Å². The van der Waals surface area contributed by atoms with Gasteiger partial charge in [0, 0.05) is 6.54 Å². The van der Waals surface area contributed by atoms with Crippen molar-refractivity contribution in [2.45, 2.75) is 13.1 Å². The molecule has 4 nitrogen and oxygen atoms in total. The SMILES string of the molecule is CN(Cc1csc(Br)c1)Cc1nnc(N)s1. The van der Waals surface area contributed by atoms with Gasteiger partial charge in [-0.3, -0.25) is 4.90 Å². The largest absolute Gasteiger partial charge is 0.374 e. The van der Waals surface area contributed by atoms with E-state index in [1.165, 1.54) is 16.9 Å². The number of halogens is 1. The number of aromatic nitrogens is 2. The highest BCUT2D eigenvalue weighted by Crippen LogP contribution is 2.22. The number of hydrogen-bond acceptors (Lipinski definition) is 6. The van der Waals surface area contributed by atoms with Crippen molar-refractivity contribution in [1.29, 1.82) is 0 Å². The van der Waals surface area contributed by atoms with E-state index >= 15 is 0 Å². The zero-order valence-corrected chi connectivity index (χ0v) is 11.9. The summed E-state index contributed by atoms with van der Waals surface area (Å²) in [6.45, 7) is 1.68. The third-order valence-electron chi connectivity index (χ3n) is 1.96. The molecule has 0 aliphatic heterocycles. The first kappa shape index (κ1) is 12.0. The molecule has 2 aromatic rings. The van der Waals surface area contributed by atoms with Crippen LogP contribution in [0.2, 0.25) is 0 Å². The minimum absolute atomic E-state index is 0.529. The Kier molecular flexibility index (Phi) is 3.91. The Labute approximate surface area is 110 Å². The van der Waals surface area contributed by atoms with Crippen molar-refractivity contribution in [3.63, 3.8) is 0 Å². The summed E-state index contributed by atoms with van der Waals surface area (Å²) in [5.74, 6) is 0. The molecule has 2 rings (SSSR count). The average Bonchev–Trinajstić information content (AvgIpc) is 2.76. The van der Waals surface area contributed by atoms with Crippen LogP contribution in [0.25, 0.3) is 0 Å². The Morgan fingerprint density at radius 3 is 2.81 bits per heavy atom. The molecule has 0 bridgehead atoms. The van der Waals surface area contributed by atoms with E-state index < -0.39 is 0 Å². The van der Waals surface area contributed by atoms with Crippen molar-refractivity contribution in [3.8, 4) is 0 Å². The topological polar surface area (TPSA) is 55.0 Å². The number of hydrogen-bond donors (Lipinski definition) is 1. The lowest BCUT2D eigenvalue weighted by molar-refractivity contribution is 0.318. The number of rotatable bonds is 4. The first-order valence-corrected chi connectivity index (χ1v) is 7.11. The predicted octanol–water partition coefficient (Wildman–Crippen LogP) is 2.58. The number of nitrogens with zero attached hydrogens (tertiary/aromatic N) is 3. The molecule has 0 aliphatic carbocycles. The standard InChI is InChI=1S/C9H11BrN4S2/c1-14(3-6-2-7(10)15-5-6)4-8-12-13-9(11)16-8/h2,5H,3-4H2,1H3,(H2,11,13). The zero-order chi connectivity index (χ0) is 11.5. The lowest BCUT2D eigenvalue weighted by atomic mass is 10.3. The molecular weight excluding hydrogens is 308 g/mol. The zero-order valence-electron chi connectivity index (χ0n) is 8.68. The fourth-order valence-corrected chi connectivity index (χ4v) is 3.25. The minimum Gasteiger partial charge on any atom is -0.374 e. The van der Waals surface area contributed by atoms with Gasteiger partial charge in [0.05, 0.1) is 10.3 Å². The molecule has 2 N–H and O–H groups in total. The van der Waals surface area contributed by atoms with Crippen LogP contribution < -0.4 is 5.73 Å². The van der Waals surface area contributed by atoms with E-state index in [-0.39, 0.29) is 0 Å². The normalized spacial score (nSPS) is 11.2. The second kappa shape index (κ2) is 5.22. The third kappa shape index (κ3) is 3.24. The Morgan fingerprint density at radius 1 is 1.44 bits per heavy atom. The van der Waals surface area contributed by atoms with Crippen molar-refractivity contribution in [2.75, 3.05) is 12.8 Å². The number of thiophene rings is 1. The van der Waals surface area contributed by atoms with E-state index in [0.29, 0.717) is 5.13 Å². The lowest BCUT2D eigenvalue weighted by Gasteiger charge is -2.13. The van der Waals surface area contributed by atoms with Crippen molar-refractivity contribution in [3.05, 3.63) is 25.8 Å². The average molecular weight is 319 g/mol. The summed E-state index contributed by atoms with van der Waals surface area (Å²) in [5.41, 5.74) is 6.83. The second-order valence-electron chi connectivity index (χ2n) is 3.47. The number of nitrogen functional groups attached to an aromatic ring is 1. The van der Waals surface area contributed by atoms with Crippen LogP contribution >= 0.6 is 38.6 Å². The number of anilines is 1. The molecule has 0 unspecified atom stereocenters. The molecule has 0 saturated heterocycles. The molecule has 2 heterocycles. The summed E-state index contributed by atoms with van der Waals surface area (Å²) < 4.78 is 1.16. The van der Waals surface area contributed by atoms with Gasteiger partial charge < -0.3 is 5.73 Å². The van der Waals surface area contributed by atoms with Gasteiger partial charge in [-0.15, -0.1) is 21.5 Å². The van der Waals surface area contributed by atoms with Gasteiger partial charge in [0.15, 0.2) is 0 Å². The highest BCUT2D eigenvalue weighted by atomic mass is 79.9. The van der Waals surface area contributed by atoms with Crippen LogP contribution in [0.5, 0.6) is 0 Å². The second-order valence-corrected chi connectivity index (χ2v) is 6.85. The first-order valence-electron chi connectivity index (χ1n) is 4.63. The summed E-state index contributed by atoms with van der Waals surface area (Å²) in [6, 6.07) is 2.13. The molecule has 86 valence electrons. The van der Waals surface area contributed by atoms with Gasteiger partial charge in [-0.1, -0.05) is 11.3 Å². The van der Waals surface area contributed by atoms with Crippen molar-refractivity contribution >= 4 is 43.7 Å². The maximum atomic E-state index is 5.53. The van der Waals surface area contributed by atoms with Crippen molar-refractivity contribution in [2.24, 2.45) is 0 Å². The summed E-state index contributed by atoms with van der Waals surface area (Å²) in [5, 5.41) is 11.4. The lowest BCUT2D eigenvalue weighted by Crippen LogP contribution is -2.16. The molecule has 0 aliphatic rings. The Hall–Kier alpha value is -0.500. The van der Waals surface area contributed by atoms with E-state index in [0.717, 1.165) is 21.9 Å². The summed E-state index contributed by atoms with van der Waals surface area (Å²) in [6.07, 6.45) is 0. The van der Waals surface area contributed by atoms with E-state index in [9.17, 15) is 0 Å². The van der Waals surface area contributed by atoms with E-state index in [1.807, 2.05) is 0 Å². The first-order chi connectivity index (χ1) is 7.63. The number of nitrogens with two attached hydrogens (primary N) is 1. The third-order valence-corrected chi connectivity index (χ3v) is 4.25. The van der Waals surface area contributed by atoms with Crippen LogP contribution in [-0.2, 0) is 13.1 Å². The van der Waals surface area contributed by atoms with Crippen LogP contribution in [0.3, 0.4) is 0 Å². The molecule has 0 aromatic carbocycles. The van der Waals surface area contributed by atoms with Gasteiger partial charge in [0.25, 0.3) is 0 Å². The predicted molar refractivity (Wildman–Crippen MR) is 71.5 cm³/mol. The fraction of sp³-hybridized carbons (Fsp3) is 0.333. The maximum absolute atomic E-state index is 5.53. The molecule has 0 saturated carbocycles. The Balaban J connectivity index is 1.91. The van der Waals surface area contributed by atoms with Crippen LogP contribution in [0.15, 0.2) is 15.2 Å². The van der Waals surface area contributed by atoms with Gasteiger partial charge in [0.1, 0.15) is 5.01 Å². The fourth-order valence-electron chi connectivity index (χ4n) is 1.36. The van der Waals surface area contributed by atoms with Crippen molar-refractivity contribution < 1.29 is 0 Å². The highest BCUT2D eigenvalue weighted by Gasteiger charge is 2.07. The Bertz CT molecular complexity index is 425. The summed E-state index contributed by atoms with van der Waals surface area (Å²) >= 11 is 6.60. The maximum Gasteiger partial charge on any atom is 0.203 e. The van der Waals surface area contributed by atoms with Crippen LogP contribution in [-0.4, -0.2) is 22.1 Å². The monoisotopic (exact) mass is 318 g/mol. The van der Waals surface area contributed by atoms with E-state index in [1.54, 1.807) is 11.3 Å². The van der Waals surface area contributed by atoms with E-state index in [2.05, 4.69) is 49.5 Å². The molecule has 0 spiro atoms. The van der Waals surface area contributed by atoms with Gasteiger partial charge in [-0.05, 0) is 40.0 Å². The molecule has 0 amide bonds. The highest BCUT2D eigenvalue weighted by molar-refractivity contribution is 9.11. The van der Waals surface area contributed by atoms with Gasteiger partial charge in [0.2, 0.25) is 5.13 Å². The molecule has 16 heavy (non-hydrogen) atoms. The van der Waals surface area contributed by atoms with Crippen molar-refractivity contribution in [1.82, 2.24) is 15.1 Å². The van der Waals surface area contributed by atoms with Gasteiger partial charge in [-0.25, -0.2) is 0 Å². The summed E-state index contributed by atoms with van der Waals surface area (Å²) in [4.78, 5) is 2.19. The molecule has 0 fully saturated rings. The molecule has 0 atom stereocenters. The van der Waals surface area contributed by atoms with Crippen LogP contribution in [0.1, 0.15) is 10.6 Å². The smallest absolute Gasteiger partial charge is 0.203 e.